The summed E-state index contributed by atoms with van der Waals surface area (Å²) < 4.78 is 10.7. The second-order valence-corrected chi connectivity index (χ2v) is 4.29. The quantitative estimate of drug-likeness (QED) is 0.879. The molecule has 0 spiro atoms. The van der Waals surface area contributed by atoms with Crippen LogP contribution in [0.15, 0.2) is 16.9 Å². The van der Waals surface area contributed by atoms with Crippen LogP contribution in [-0.2, 0) is 0 Å². The molecule has 2 rings (SSSR count). The Kier molecular flexibility index (Phi) is 3.70. The van der Waals surface area contributed by atoms with Crippen molar-refractivity contribution < 1.29 is 9.47 Å². The van der Waals surface area contributed by atoms with Crippen molar-refractivity contribution in [1.29, 1.82) is 0 Å². The van der Waals surface area contributed by atoms with E-state index in [1.807, 2.05) is 0 Å². The van der Waals surface area contributed by atoms with Crippen LogP contribution in [-0.4, -0.2) is 29.2 Å². The molecule has 100 valence electrons. The third-order valence-electron chi connectivity index (χ3n) is 2.43. The number of nitrogens with zero attached hydrogens (tertiary/aromatic N) is 3. The summed E-state index contributed by atoms with van der Waals surface area (Å²) in [5.41, 5.74) is 12.7. The van der Waals surface area contributed by atoms with Crippen LogP contribution in [0, 0.1) is 0 Å². The largest absolute Gasteiger partial charge is 0.492 e. The molecule has 2 heterocycles. The summed E-state index contributed by atoms with van der Waals surface area (Å²) in [6.45, 7) is 0. The van der Waals surface area contributed by atoms with Gasteiger partial charge < -0.3 is 20.9 Å². The molecule has 0 fully saturated rings. The van der Waals surface area contributed by atoms with Crippen molar-refractivity contribution in [2.24, 2.45) is 0 Å². The minimum absolute atomic E-state index is 0.179. The Morgan fingerprint density at radius 3 is 2.47 bits per heavy atom. The third-order valence-corrected chi connectivity index (χ3v) is 2.98. The fourth-order valence-corrected chi connectivity index (χ4v) is 2.06. The molecule has 0 aliphatic carbocycles. The molecule has 4 N–H and O–H groups in total. The Balaban J connectivity index is 2.66. The number of ether oxygens (including phenoxy) is 2. The SMILES string of the molecule is COc1nc(Br)c(-c2ccnc(N)c2OC)nc1N. The van der Waals surface area contributed by atoms with E-state index in [-0.39, 0.29) is 17.5 Å². The minimum Gasteiger partial charge on any atom is -0.492 e. The van der Waals surface area contributed by atoms with Gasteiger partial charge in [0.15, 0.2) is 17.4 Å². The molecular weight excluding hydrogens is 314 g/mol. The van der Waals surface area contributed by atoms with Crippen molar-refractivity contribution in [3.8, 4) is 22.9 Å². The first-order valence-corrected chi connectivity index (χ1v) is 6.03. The van der Waals surface area contributed by atoms with Crippen LogP contribution in [0.2, 0.25) is 0 Å². The number of rotatable bonds is 3. The number of nitrogen functional groups attached to an aromatic ring is 2. The number of hydrogen-bond acceptors (Lipinski definition) is 7. The Labute approximate surface area is 118 Å². The lowest BCUT2D eigenvalue weighted by molar-refractivity contribution is 0.397. The molecule has 0 aromatic carbocycles. The molecular formula is C11H12BrN5O2. The number of methoxy groups -OCH3 is 2. The molecule has 0 aliphatic rings. The van der Waals surface area contributed by atoms with Crippen molar-refractivity contribution in [2.45, 2.75) is 0 Å². The third kappa shape index (κ3) is 2.39. The zero-order chi connectivity index (χ0) is 14.0. The fraction of sp³-hybridized carbons (Fsp3) is 0.182. The van der Waals surface area contributed by atoms with Crippen LogP contribution in [0.3, 0.4) is 0 Å². The van der Waals surface area contributed by atoms with Gasteiger partial charge in [-0.3, -0.25) is 0 Å². The molecule has 0 atom stereocenters. The maximum Gasteiger partial charge on any atom is 0.258 e. The molecule has 0 radical (unpaired) electrons. The average molecular weight is 326 g/mol. The van der Waals surface area contributed by atoms with Crippen molar-refractivity contribution in [3.05, 3.63) is 16.9 Å². The lowest BCUT2D eigenvalue weighted by atomic mass is 10.2. The minimum atomic E-state index is 0.179. The summed E-state index contributed by atoms with van der Waals surface area (Å²) in [4.78, 5) is 12.4. The molecule has 19 heavy (non-hydrogen) atoms. The van der Waals surface area contributed by atoms with E-state index in [9.17, 15) is 0 Å². The van der Waals surface area contributed by atoms with Gasteiger partial charge in [0, 0.05) is 6.20 Å². The second-order valence-electron chi connectivity index (χ2n) is 3.53. The van der Waals surface area contributed by atoms with E-state index in [1.165, 1.54) is 14.2 Å². The first-order chi connectivity index (χ1) is 9.08. The predicted molar refractivity (Wildman–Crippen MR) is 74.9 cm³/mol. The first kappa shape index (κ1) is 13.3. The number of hydrogen-bond donors (Lipinski definition) is 2. The number of nitrogens with two attached hydrogens (primary N) is 2. The highest BCUT2D eigenvalue weighted by Crippen LogP contribution is 2.37. The second kappa shape index (κ2) is 5.27. The molecule has 7 nitrogen and oxygen atoms in total. The number of anilines is 2. The summed E-state index contributed by atoms with van der Waals surface area (Å²) in [5.74, 6) is 1.11. The van der Waals surface area contributed by atoms with Crippen molar-refractivity contribution in [2.75, 3.05) is 25.7 Å². The Bertz CT molecular complexity index is 620. The fourth-order valence-electron chi connectivity index (χ4n) is 1.60. The molecule has 0 unspecified atom stereocenters. The first-order valence-electron chi connectivity index (χ1n) is 5.24. The maximum absolute atomic E-state index is 5.76. The maximum atomic E-state index is 5.76. The van der Waals surface area contributed by atoms with Gasteiger partial charge in [0.25, 0.3) is 5.88 Å². The molecule has 0 aliphatic heterocycles. The Hall–Kier alpha value is -2.09. The van der Waals surface area contributed by atoms with E-state index < -0.39 is 0 Å². The van der Waals surface area contributed by atoms with Crippen LogP contribution in [0.25, 0.3) is 11.3 Å². The van der Waals surface area contributed by atoms with Gasteiger partial charge in [-0.1, -0.05) is 0 Å². The number of pyridine rings is 1. The summed E-state index contributed by atoms with van der Waals surface area (Å²) in [7, 11) is 2.97. The van der Waals surface area contributed by atoms with E-state index in [0.29, 0.717) is 21.6 Å². The monoisotopic (exact) mass is 325 g/mol. The van der Waals surface area contributed by atoms with Crippen LogP contribution >= 0.6 is 15.9 Å². The number of halogens is 1. The van der Waals surface area contributed by atoms with Gasteiger partial charge in [0.05, 0.1) is 19.8 Å². The molecule has 0 saturated carbocycles. The van der Waals surface area contributed by atoms with Gasteiger partial charge in [-0.25, -0.2) is 15.0 Å². The molecule has 2 aromatic heterocycles. The van der Waals surface area contributed by atoms with Gasteiger partial charge in [-0.05, 0) is 22.0 Å². The molecule has 0 bridgehead atoms. The van der Waals surface area contributed by atoms with Crippen molar-refractivity contribution >= 4 is 27.6 Å². The zero-order valence-corrected chi connectivity index (χ0v) is 11.9. The summed E-state index contributed by atoms with van der Waals surface area (Å²) >= 11 is 3.32. The lowest BCUT2D eigenvalue weighted by Crippen LogP contribution is -2.03. The highest BCUT2D eigenvalue weighted by atomic mass is 79.9. The van der Waals surface area contributed by atoms with Gasteiger partial charge in [0.2, 0.25) is 0 Å². The van der Waals surface area contributed by atoms with Crippen LogP contribution in [0.5, 0.6) is 11.6 Å². The van der Waals surface area contributed by atoms with E-state index >= 15 is 0 Å². The summed E-state index contributed by atoms with van der Waals surface area (Å²) in [6, 6.07) is 1.72. The Morgan fingerprint density at radius 2 is 1.84 bits per heavy atom. The summed E-state index contributed by atoms with van der Waals surface area (Å²) in [5, 5.41) is 0. The predicted octanol–water partition coefficient (Wildman–Crippen LogP) is 1.48. The van der Waals surface area contributed by atoms with Gasteiger partial charge in [-0.15, -0.1) is 0 Å². The van der Waals surface area contributed by atoms with E-state index in [1.54, 1.807) is 12.3 Å². The highest BCUT2D eigenvalue weighted by molar-refractivity contribution is 9.10. The van der Waals surface area contributed by atoms with E-state index in [2.05, 4.69) is 30.9 Å². The highest BCUT2D eigenvalue weighted by Gasteiger charge is 2.17. The van der Waals surface area contributed by atoms with Gasteiger partial charge >= 0.3 is 0 Å². The van der Waals surface area contributed by atoms with Crippen LogP contribution in [0.4, 0.5) is 11.6 Å². The average Bonchev–Trinajstić information content (AvgIpc) is 2.40. The Morgan fingerprint density at radius 1 is 1.11 bits per heavy atom. The standard InChI is InChI=1S/C11H12BrN5O2/c1-18-7-5(3-4-15-9(7)13)6-8(12)17-11(19-2)10(14)16-6/h3-4H,1-2H3,(H2,13,15)(H2,14,16). The molecule has 8 heteroatoms. The lowest BCUT2D eigenvalue weighted by Gasteiger charge is -2.12. The molecule has 2 aromatic rings. The zero-order valence-electron chi connectivity index (χ0n) is 10.3. The summed E-state index contributed by atoms with van der Waals surface area (Å²) in [6.07, 6.45) is 1.56. The van der Waals surface area contributed by atoms with Gasteiger partial charge in [-0.2, -0.15) is 0 Å². The van der Waals surface area contributed by atoms with E-state index in [4.69, 9.17) is 20.9 Å². The van der Waals surface area contributed by atoms with E-state index in [0.717, 1.165) is 0 Å². The van der Waals surface area contributed by atoms with Crippen LogP contribution in [0.1, 0.15) is 0 Å². The topological polar surface area (TPSA) is 109 Å². The smallest absolute Gasteiger partial charge is 0.258 e. The van der Waals surface area contributed by atoms with Crippen molar-refractivity contribution in [1.82, 2.24) is 15.0 Å². The van der Waals surface area contributed by atoms with Crippen LogP contribution < -0.4 is 20.9 Å². The number of aromatic nitrogens is 3. The van der Waals surface area contributed by atoms with Gasteiger partial charge in [0.1, 0.15) is 10.3 Å². The normalized spacial score (nSPS) is 10.3. The molecule has 0 saturated heterocycles. The van der Waals surface area contributed by atoms with Crippen molar-refractivity contribution in [3.63, 3.8) is 0 Å². The molecule has 0 amide bonds.